The summed E-state index contributed by atoms with van der Waals surface area (Å²) in [6.07, 6.45) is 0. The number of fused-ring (bicyclic) bond motifs is 1. The fourth-order valence-corrected chi connectivity index (χ4v) is 2.53. The van der Waals surface area contributed by atoms with E-state index < -0.39 is 5.82 Å². The summed E-state index contributed by atoms with van der Waals surface area (Å²) in [6.45, 7) is 3.93. The molecule has 0 radical (unpaired) electrons. The van der Waals surface area contributed by atoms with Crippen molar-refractivity contribution in [2.24, 2.45) is 0 Å². The van der Waals surface area contributed by atoms with Crippen molar-refractivity contribution in [3.63, 3.8) is 0 Å². The van der Waals surface area contributed by atoms with E-state index in [1.807, 2.05) is 32.0 Å². The molecule has 0 aliphatic carbocycles. The van der Waals surface area contributed by atoms with Gasteiger partial charge < -0.3 is 10.3 Å². The molecular weight excluding hydrogens is 289 g/mol. The number of aromatic amines is 1. The molecule has 108 valence electrons. The van der Waals surface area contributed by atoms with Crippen LogP contribution >= 0.6 is 11.6 Å². The van der Waals surface area contributed by atoms with Crippen LogP contribution in [0.1, 0.15) is 24.4 Å². The van der Waals surface area contributed by atoms with E-state index >= 15 is 0 Å². The Morgan fingerprint density at radius 2 is 2.05 bits per heavy atom. The molecule has 0 aliphatic rings. The minimum absolute atomic E-state index is 0.0181. The standard InChI is InChI=1S/C16H15ClFN3/c1-9(11-3-5-14(18)13(17)7-11)19-12-4-6-15-16(8-12)21-10(2)20-15/h3-9,19H,1-2H3,(H,20,21). The summed E-state index contributed by atoms with van der Waals surface area (Å²) in [5, 5.41) is 3.52. The first kappa shape index (κ1) is 13.9. The van der Waals surface area contributed by atoms with E-state index in [0.717, 1.165) is 28.1 Å². The topological polar surface area (TPSA) is 40.7 Å². The smallest absolute Gasteiger partial charge is 0.141 e. The van der Waals surface area contributed by atoms with E-state index in [1.54, 1.807) is 12.1 Å². The van der Waals surface area contributed by atoms with Crippen LogP contribution in [0.3, 0.4) is 0 Å². The Balaban J connectivity index is 1.84. The first-order valence-corrected chi connectivity index (χ1v) is 7.08. The van der Waals surface area contributed by atoms with Gasteiger partial charge in [-0.3, -0.25) is 0 Å². The van der Waals surface area contributed by atoms with Gasteiger partial charge in [-0.05, 0) is 49.7 Å². The maximum atomic E-state index is 13.2. The van der Waals surface area contributed by atoms with E-state index in [1.165, 1.54) is 6.07 Å². The number of rotatable bonds is 3. The van der Waals surface area contributed by atoms with Crippen LogP contribution in [-0.2, 0) is 0 Å². The molecular formula is C16H15ClFN3. The van der Waals surface area contributed by atoms with Crippen LogP contribution in [0, 0.1) is 12.7 Å². The van der Waals surface area contributed by atoms with E-state index in [0.29, 0.717) is 0 Å². The molecule has 21 heavy (non-hydrogen) atoms. The maximum absolute atomic E-state index is 13.2. The number of aryl methyl sites for hydroxylation is 1. The van der Waals surface area contributed by atoms with Gasteiger partial charge in [0.2, 0.25) is 0 Å². The quantitative estimate of drug-likeness (QED) is 0.727. The van der Waals surface area contributed by atoms with Crippen molar-refractivity contribution in [3.05, 3.63) is 58.6 Å². The van der Waals surface area contributed by atoms with Gasteiger partial charge in [-0.25, -0.2) is 9.37 Å². The second kappa shape index (κ2) is 5.37. The zero-order valence-corrected chi connectivity index (χ0v) is 12.5. The van der Waals surface area contributed by atoms with Gasteiger partial charge in [-0.15, -0.1) is 0 Å². The lowest BCUT2D eigenvalue weighted by atomic mass is 10.1. The third-order valence-corrected chi connectivity index (χ3v) is 3.72. The van der Waals surface area contributed by atoms with Gasteiger partial charge in [-0.2, -0.15) is 0 Å². The highest BCUT2D eigenvalue weighted by Crippen LogP contribution is 2.25. The Morgan fingerprint density at radius 3 is 2.81 bits per heavy atom. The highest BCUT2D eigenvalue weighted by molar-refractivity contribution is 6.30. The normalized spacial score (nSPS) is 12.6. The largest absolute Gasteiger partial charge is 0.378 e. The molecule has 1 heterocycles. The van der Waals surface area contributed by atoms with Gasteiger partial charge in [0.15, 0.2) is 0 Å². The molecule has 1 aromatic heterocycles. The van der Waals surface area contributed by atoms with Gasteiger partial charge in [-0.1, -0.05) is 17.7 Å². The second-order valence-electron chi connectivity index (χ2n) is 5.09. The molecule has 0 spiro atoms. The van der Waals surface area contributed by atoms with Crippen molar-refractivity contribution < 1.29 is 4.39 Å². The predicted octanol–water partition coefficient (Wildman–Crippen LogP) is 4.84. The van der Waals surface area contributed by atoms with Gasteiger partial charge in [0.1, 0.15) is 11.6 Å². The number of H-pyrrole nitrogens is 1. The summed E-state index contributed by atoms with van der Waals surface area (Å²) in [7, 11) is 0. The van der Waals surface area contributed by atoms with E-state index in [2.05, 4.69) is 15.3 Å². The summed E-state index contributed by atoms with van der Waals surface area (Å²) in [4.78, 5) is 7.58. The van der Waals surface area contributed by atoms with Crippen LogP contribution in [0.4, 0.5) is 10.1 Å². The fourth-order valence-electron chi connectivity index (χ4n) is 2.34. The van der Waals surface area contributed by atoms with Crippen molar-refractivity contribution in [2.75, 3.05) is 5.32 Å². The van der Waals surface area contributed by atoms with E-state index in [-0.39, 0.29) is 11.1 Å². The van der Waals surface area contributed by atoms with Crippen LogP contribution in [0.25, 0.3) is 11.0 Å². The number of nitrogens with zero attached hydrogens (tertiary/aromatic N) is 1. The van der Waals surface area contributed by atoms with Crippen molar-refractivity contribution in [2.45, 2.75) is 19.9 Å². The van der Waals surface area contributed by atoms with Gasteiger partial charge in [0.25, 0.3) is 0 Å². The average molecular weight is 304 g/mol. The lowest BCUT2D eigenvalue weighted by Crippen LogP contribution is -2.06. The molecule has 0 saturated heterocycles. The van der Waals surface area contributed by atoms with E-state index in [4.69, 9.17) is 11.6 Å². The third kappa shape index (κ3) is 2.85. The summed E-state index contributed by atoms with van der Waals surface area (Å²) in [6, 6.07) is 10.7. The number of hydrogen-bond acceptors (Lipinski definition) is 2. The monoisotopic (exact) mass is 303 g/mol. The molecule has 0 fully saturated rings. The fraction of sp³-hybridized carbons (Fsp3) is 0.188. The Hall–Kier alpha value is -2.07. The van der Waals surface area contributed by atoms with Gasteiger partial charge >= 0.3 is 0 Å². The molecule has 0 amide bonds. The molecule has 3 aromatic rings. The van der Waals surface area contributed by atoms with Gasteiger partial charge in [0, 0.05) is 11.7 Å². The van der Waals surface area contributed by atoms with Crippen LogP contribution in [0.5, 0.6) is 0 Å². The van der Waals surface area contributed by atoms with Crippen molar-refractivity contribution in [1.82, 2.24) is 9.97 Å². The molecule has 3 rings (SSSR count). The lowest BCUT2D eigenvalue weighted by molar-refractivity contribution is 0.627. The van der Waals surface area contributed by atoms with Crippen LogP contribution < -0.4 is 5.32 Å². The molecule has 3 nitrogen and oxygen atoms in total. The minimum Gasteiger partial charge on any atom is -0.378 e. The van der Waals surface area contributed by atoms with Gasteiger partial charge in [0.05, 0.1) is 16.1 Å². The second-order valence-corrected chi connectivity index (χ2v) is 5.50. The molecule has 0 saturated carbocycles. The zero-order valence-electron chi connectivity index (χ0n) is 11.7. The SMILES string of the molecule is Cc1nc2ccc(NC(C)c3ccc(F)c(Cl)c3)cc2[nH]1. The molecule has 2 aromatic carbocycles. The highest BCUT2D eigenvalue weighted by Gasteiger charge is 2.09. The number of imidazole rings is 1. The highest BCUT2D eigenvalue weighted by atomic mass is 35.5. The number of benzene rings is 2. The average Bonchev–Trinajstić information content (AvgIpc) is 2.81. The number of nitrogens with one attached hydrogen (secondary N) is 2. The number of anilines is 1. The molecule has 0 aliphatic heterocycles. The van der Waals surface area contributed by atoms with Crippen molar-refractivity contribution >= 4 is 28.3 Å². The van der Waals surface area contributed by atoms with Crippen LogP contribution in [0.2, 0.25) is 5.02 Å². The molecule has 0 bridgehead atoms. The maximum Gasteiger partial charge on any atom is 0.141 e. The van der Waals surface area contributed by atoms with Crippen LogP contribution in [-0.4, -0.2) is 9.97 Å². The Kier molecular flexibility index (Phi) is 3.55. The van der Waals surface area contributed by atoms with E-state index in [9.17, 15) is 4.39 Å². The Bertz CT molecular complexity index is 797. The predicted molar refractivity (Wildman–Crippen MR) is 84.3 cm³/mol. The molecule has 1 atom stereocenters. The molecule has 5 heteroatoms. The van der Waals surface area contributed by atoms with Crippen molar-refractivity contribution in [1.29, 1.82) is 0 Å². The van der Waals surface area contributed by atoms with Crippen molar-refractivity contribution in [3.8, 4) is 0 Å². The molecule has 1 unspecified atom stereocenters. The first-order valence-electron chi connectivity index (χ1n) is 6.71. The lowest BCUT2D eigenvalue weighted by Gasteiger charge is -2.16. The third-order valence-electron chi connectivity index (χ3n) is 3.43. The number of hydrogen-bond donors (Lipinski definition) is 2. The summed E-state index contributed by atoms with van der Waals surface area (Å²) in [5.74, 6) is 0.488. The number of halogens is 2. The Morgan fingerprint density at radius 1 is 1.24 bits per heavy atom. The summed E-state index contributed by atoms with van der Waals surface area (Å²) >= 11 is 5.83. The molecule has 2 N–H and O–H groups in total. The number of aromatic nitrogens is 2. The first-order chi connectivity index (χ1) is 10.0. The Labute approximate surface area is 127 Å². The minimum atomic E-state index is -0.401. The summed E-state index contributed by atoms with van der Waals surface area (Å²) < 4.78 is 13.2. The zero-order chi connectivity index (χ0) is 15.0. The van der Waals surface area contributed by atoms with Crippen LogP contribution in [0.15, 0.2) is 36.4 Å². The summed E-state index contributed by atoms with van der Waals surface area (Å²) in [5.41, 5.74) is 3.83.